The van der Waals surface area contributed by atoms with E-state index in [-0.39, 0.29) is 0 Å². The third-order valence-electron chi connectivity index (χ3n) is 4.46. The second kappa shape index (κ2) is 9.84. The van der Waals surface area contributed by atoms with Gasteiger partial charge in [-0.2, -0.15) is 0 Å². The average Bonchev–Trinajstić information content (AvgIpc) is 2.64. The van der Waals surface area contributed by atoms with E-state index in [0.29, 0.717) is 13.0 Å². The number of carboxylic acid groups (broad SMARTS) is 1. The predicted octanol–water partition coefficient (Wildman–Crippen LogP) is 3.82. The lowest BCUT2D eigenvalue weighted by molar-refractivity contribution is -0.138. The predicted molar refractivity (Wildman–Crippen MR) is 100 cm³/mol. The lowest BCUT2D eigenvalue weighted by atomic mass is 9.92. The van der Waals surface area contributed by atoms with Crippen molar-refractivity contribution < 1.29 is 14.6 Å². The Bertz CT molecular complexity index is 653. The highest BCUT2D eigenvalue weighted by Crippen LogP contribution is 2.27. The normalized spacial score (nSPS) is 12.1. The second-order valence-electron chi connectivity index (χ2n) is 5.99. The Morgan fingerprint density at radius 1 is 1.04 bits per heavy atom. The molecule has 2 aromatic carbocycles. The van der Waals surface area contributed by atoms with Crippen molar-refractivity contribution in [2.75, 3.05) is 26.2 Å². The number of carboxylic acids is 1. The lowest BCUT2D eigenvalue weighted by Gasteiger charge is -2.20. The highest BCUT2D eigenvalue weighted by Gasteiger charge is 2.21. The highest BCUT2D eigenvalue weighted by molar-refractivity contribution is 5.76. The molecule has 4 nitrogen and oxygen atoms in total. The quantitative estimate of drug-likeness (QED) is 0.714. The van der Waals surface area contributed by atoms with Crippen LogP contribution in [0.4, 0.5) is 0 Å². The van der Waals surface area contributed by atoms with Gasteiger partial charge in [-0.25, -0.2) is 0 Å². The third kappa shape index (κ3) is 5.61. The number of aliphatic carboxylic acids is 1. The van der Waals surface area contributed by atoms with Gasteiger partial charge in [-0.3, -0.25) is 4.79 Å². The molecule has 134 valence electrons. The number of likely N-dealkylation sites (N-methyl/N-ethyl adjacent to an activating group) is 1. The zero-order chi connectivity index (χ0) is 18.1. The molecule has 0 saturated heterocycles. The Balaban J connectivity index is 2.09. The van der Waals surface area contributed by atoms with Gasteiger partial charge in [0.1, 0.15) is 12.4 Å². The first-order valence-electron chi connectivity index (χ1n) is 8.86. The summed E-state index contributed by atoms with van der Waals surface area (Å²) in [5.41, 5.74) is 1.74. The number of nitrogens with zero attached hydrogens (tertiary/aromatic N) is 1. The van der Waals surface area contributed by atoms with Crippen molar-refractivity contribution in [1.82, 2.24) is 4.90 Å². The van der Waals surface area contributed by atoms with E-state index in [0.717, 1.165) is 36.5 Å². The topological polar surface area (TPSA) is 49.8 Å². The van der Waals surface area contributed by atoms with Crippen LogP contribution >= 0.6 is 0 Å². The maximum Gasteiger partial charge on any atom is 0.311 e. The number of benzene rings is 2. The molecule has 0 spiro atoms. The van der Waals surface area contributed by atoms with E-state index >= 15 is 0 Å². The highest BCUT2D eigenvalue weighted by atomic mass is 16.5. The molecule has 0 aliphatic rings. The molecule has 4 heteroatoms. The third-order valence-corrected chi connectivity index (χ3v) is 4.46. The molecule has 0 aliphatic heterocycles. The Morgan fingerprint density at radius 3 is 2.32 bits per heavy atom. The number of hydrogen-bond donors (Lipinski definition) is 1. The summed E-state index contributed by atoms with van der Waals surface area (Å²) in [4.78, 5) is 14.0. The van der Waals surface area contributed by atoms with E-state index in [1.807, 2.05) is 54.6 Å². The molecule has 2 aromatic rings. The van der Waals surface area contributed by atoms with Gasteiger partial charge >= 0.3 is 5.97 Å². The van der Waals surface area contributed by atoms with Crippen LogP contribution in [0.2, 0.25) is 0 Å². The Kier molecular flexibility index (Phi) is 7.48. The fraction of sp³-hybridized carbons (Fsp3) is 0.381. The van der Waals surface area contributed by atoms with Crippen molar-refractivity contribution in [2.45, 2.75) is 26.2 Å². The summed E-state index contributed by atoms with van der Waals surface area (Å²) in [6.07, 6.45) is 0.417. The lowest BCUT2D eigenvalue weighted by Crippen LogP contribution is -2.28. The van der Waals surface area contributed by atoms with Gasteiger partial charge in [0.05, 0.1) is 5.92 Å². The molecule has 2 rings (SSSR count). The molecule has 0 bridgehead atoms. The zero-order valence-electron chi connectivity index (χ0n) is 15.0. The molecule has 0 saturated carbocycles. The van der Waals surface area contributed by atoms with Gasteiger partial charge in [-0.15, -0.1) is 0 Å². The van der Waals surface area contributed by atoms with Crippen LogP contribution in [0, 0.1) is 0 Å². The average molecular weight is 341 g/mol. The number of carbonyl (C=O) groups is 1. The molecular weight excluding hydrogens is 314 g/mol. The molecule has 0 aliphatic carbocycles. The molecule has 0 heterocycles. The summed E-state index contributed by atoms with van der Waals surface area (Å²) in [6.45, 7) is 7.72. The van der Waals surface area contributed by atoms with Crippen LogP contribution in [0.1, 0.15) is 30.9 Å². The van der Waals surface area contributed by atoms with Crippen molar-refractivity contribution >= 4 is 5.97 Å². The summed E-state index contributed by atoms with van der Waals surface area (Å²) in [5, 5.41) is 9.64. The minimum atomic E-state index is -0.816. The van der Waals surface area contributed by atoms with Gasteiger partial charge in [0.15, 0.2) is 0 Å². The Labute approximate surface area is 150 Å². The molecule has 0 radical (unpaired) electrons. The standard InChI is InChI=1S/C21H27NO3/c1-3-22(4-2)14-15-25-20-13-9-8-12-18(20)16-19(21(23)24)17-10-6-5-7-11-17/h5-13,19H,3-4,14-16H2,1-2H3,(H,23,24). The van der Waals surface area contributed by atoms with E-state index in [1.54, 1.807) is 0 Å². The van der Waals surface area contributed by atoms with E-state index in [9.17, 15) is 9.90 Å². The Morgan fingerprint density at radius 2 is 1.68 bits per heavy atom. The van der Waals surface area contributed by atoms with E-state index in [2.05, 4.69) is 18.7 Å². The first kappa shape index (κ1) is 19.0. The fourth-order valence-corrected chi connectivity index (χ4v) is 2.89. The fourth-order valence-electron chi connectivity index (χ4n) is 2.89. The summed E-state index contributed by atoms with van der Waals surface area (Å²) in [6, 6.07) is 17.1. The van der Waals surface area contributed by atoms with Gasteiger partial charge in [-0.1, -0.05) is 62.4 Å². The molecule has 1 unspecified atom stereocenters. The van der Waals surface area contributed by atoms with Crippen LogP contribution in [-0.4, -0.2) is 42.2 Å². The second-order valence-corrected chi connectivity index (χ2v) is 5.99. The number of rotatable bonds is 10. The monoisotopic (exact) mass is 341 g/mol. The van der Waals surface area contributed by atoms with Crippen molar-refractivity contribution in [2.24, 2.45) is 0 Å². The number of ether oxygens (including phenoxy) is 1. The van der Waals surface area contributed by atoms with Crippen LogP contribution in [0.25, 0.3) is 0 Å². The van der Waals surface area contributed by atoms with Gasteiger partial charge in [0.25, 0.3) is 0 Å². The summed E-state index contributed by atoms with van der Waals surface area (Å²) in [7, 11) is 0. The Hall–Kier alpha value is -2.33. The van der Waals surface area contributed by atoms with Crippen LogP contribution in [-0.2, 0) is 11.2 Å². The molecule has 25 heavy (non-hydrogen) atoms. The van der Waals surface area contributed by atoms with Crippen molar-refractivity contribution in [3.8, 4) is 5.75 Å². The number of hydrogen-bond acceptors (Lipinski definition) is 3. The maximum absolute atomic E-state index is 11.7. The molecule has 1 atom stereocenters. The largest absolute Gasteiger partial charge is 0.492 e. The van der Waals surface area contributed by atoms with Crippen LogP contribution in [0.5, 0.6) is 5.75 Å². The van der Waals surface area contributed by atoms with Crippen molar-refractivity contribution in [3.63, 3.8) is 0 Å². The summed E-state index contributed by atoms with van der Waals surface area (Å²) in [5.74, 6) is -0.616. The van der Waals surface area contributed by atoms with Gasteiger partial charge in [-0.05, 0) is 36.7 Å². The molecule has 0 amide bonds. The summed E-state index contributed by atoms with van der Waals surface area (Å²) < 4.78 is 5.95. The molecular formula is C21H27NO3. The van der Waals surface area contributed by atoms with Gasteiger partial charge in [0, 0.05) is 6.54 Å². The van der Waals surface area contributed by atoms with Crippen LogP contribution in [0.15, 0.2) is 54.6 Å². The maximum atomic E-state index is 11.7. The van der Waals surface area contributed by atoms with E-state index < -0.39 is 11.9 Å². The minimum absolute atomic E-state index is 0.417. The SMILES string of the molecule is CCN(CC)CCOc1ccccc1CC(C(=O)O)c1ccccc1. The van der Waals surface area contributed by atoms with Crippen LogP contribution < -0.4 is 4.74 Å². The van der Waals surface area contributed by atoms with E-state index in [1.165, 1.54) is 0 Å². The smallest absolute Gasteiger partial charge is 0.311 e. The van der Waals surface area contributed by atoms with Crippen molar-refractivity contribution in [1.29, 1.82) is 0 Å². The first-order valence-corrected chi connectivity index (χ1v) is 8.86. The molecule has 0 fully saturated rings. The minimum Gasteiger partial charge on any atom is -0.492 e. The van der Waals surface area contributed by atoms with Gasteiger partial charge < -0.3 is 14.7 Å². The van der Waals surface area contributed by atoms with E-state index in [4.69, 9.17) is 4.74 Å². The first-order chi connectivity index (χ1) is 12.2. The number of para-hydroxylation sites is 1. The van der Waals surface area contributed by atoms with Gasteiger partial charge in [0.2, 0.25) is 0 Å². The van der Waals surface area contributed by atoms with Crippen LogP contribution in [0.3, 0.4) is 0 Å². The molecule has 0 aromatic heterocycles. The summed E-state index contributed by atoms with van der Waals surface area (Å²) >= 11 is 0. The van der Waals surface area contributed by atoms with Crippen molar-refractivity contribution in [3.05, 3.63) is 65.7 Å². The zero-order valence-corrected chi connectivity index (χ0v) is 15.0. The molecule has 1 N–H and O–H groups in total.